The van der Waals surface area contributed by atoms with Crippen LogP contribution < -0.4 is 16.0 Å². The van der Waals surface area contributed by atoms with Gasteiger partial charge < -0.3 is 21.1 Å². The Balaban J connectivity index is 1.84. The molecule has 2 heterocycles. The third-order valence-electron chi connectivity index (χ3n) is 3.21. The number of rotatable bonds is 4. The van der Waals surface area contributed by atoms with Crippen LogP contribution in [0.4, 0.5) is 17.3 Å². The van der Waals surface area contributed by atoms with E-state index in [0.717, 1.165) is 0 Å². The summed E-state index contributed by atoms with van der Waals surface area (Å²) in [5, 5.41) is 19.3. The molecule has 0 saturated heterocycles. The minimum atomic E-state index is 0.0249. The van der Waals surface area contributed by atoms with Crippen molar-refractivity contribution in [1.29, 1.82) is 0 Å². The summed E-state index contributed by atoms with van der Waals surface area (Å²) in [5.74, 6) is 1.11. The first-order valence-corrected chi connectivity index (χ1v) is 8.28. The number of phenols is 1. The Hall–Kier alpha value is -2.71. The van der Waals surface area contributed by atoms with Gasteiger partial charge in [-0.15, -0.1) is 0 Å². The largest absolute Gasteiger partial charge is 0.506 e. The number of aromatic hydroxyl groups is 1. The number of aromatic nitrogens is 3. The van der Waals surface area contributed by atoms with Crippen molar-refractivity contribution < 1.29 is 5.11 Å². The van der Waals surface area contributed by atoms with Gasteiger partial charge in [0.15, 0.2) is 16.6 Å². The van der Waals surface area contributed by atoms with Crippen molar-refractivity contribution in [3.8, 4) is 5.75 Å². The normalized spacial score (nSPS) is 10.5. The Labute approximate surface area is 154 Å². The fourth-order valence-electron chi connectivity index (χ4n) is 2.08. The minimum Gasteiger partial charge on any atom is -0.506 e. The number of benzene rings is 1. The predicted octanol–water partition coefficient (Wildman–Crippen LogP) is 3.43. The van der Waals surface area contributed by atoms with Crippen LogP contribution in [-0.2, 0) is 0 Å². The van der Waals surface area contributed by atoms with E-state index in [1.807, 2.05) is 13.0 Å². The molecule has 128 valence electrons. The Kier molecular flexibility index (Phi) is 5.11. The molecule has 3 aromatic rings. The van der Waals surface area contributed by atoms with Gasteiger partial charge in [0.05, 0.1) is 11.2 Å². The van der Waals surface area contributed by atoms with Gasteiger partial charge in [0.1, 0.15) is 17.1 Å². The third-order valence-corrected chi connectivity index (χ3v) is 3.75. The summed E-state index contributed by atoms with van der Waals surface area (Å²) in [6.45, 7) is 2.67. The average molecular weight is 375 g/mol. The van der Waals surface area contributed by atoms with Gasteiger partial charge in [0, 0.05) is 12.2 Å². The van der Waals surface area contributed by atoms with E-state index in [-0.39, 0.29) is 10.8 Å². The second-order valence-corrected chi connectivity index (χ2v) is 5.89. The van der Waals surface area contributed by atoms with E-state index in [1.54, 1.807) is 24.4 Å². The van der Waals surface area contributed by atoms with Gasteiger partial charge in [0.2, 0.25) is 0 Å². The molecule has 7 nitrogen and oxygen atoms in total. The Morgan fingerprint density at radius 3 is 2.76 bits per heavy atom. The summed E-state index contributed by atoms with van der Waals surface area (Å²) in [6, 6.07) is 8.42. The van der Waals surface area contributed by atoms with E-state index in [2.05, 4.69) is 30.9 Å². The topological polar surface area (TPSA) is 95.0 Å². The van der Waals surface area contributed by atoms with Crippen molar-refractivity contribution in [1.82, 2.24) is 20.3 Å². The van der Waals surface area contributed by atoms with E-state index in [1.165, 1.54) is 6.07 Å². The molecule has 4 N–H and O–H groups in total. The van der Waals surface area contributed by atoms with E-state index in [0.29, 0.717) is 40.1 Å². The van der Waals surface area contributed by atoms with E-state index in [9.17, 15) is 5.11 Å². The maximum absolute atomic E-state index is 9.48. The van der Waals surface area contributed by atoms with Crippen molar-refractivity contribution in [3.05, 3.63) is 41.6 Å². The summed E-state index contributed by atoms with van der Waals surface area (Å²) < 4.78 is 0. The zero-order valence-corrected chi connectivity index (χ0v) is 14.8. The highest BCUT2D eigenvalue weighted by atomic mass is 35.5. The number of fused-ring (bicyclic) bond motifs is 1. The highest BCUT2D eigenvalue weighted by Gasteiger charge is 2.06. The van der Waals surface area contributed by atoms with Crippen molar-refractivity contribution in [3.63, 3.8) is 0 Å². The van der Waals surface area contributed by atoms with Gasteiger partial charge in [-0.05, 0) is 49.5 Å². The van der Waals surface area contributed by atoms with Crippen molar-refractivity contribution in [2.75, 3.05) is 17.2 Å². The fourth-order valence-corrected chi connectivity index (χ4v) is 2.51. The van der Waals surface area contributed by atoms with E-state index < -0.39 is 0 Å². The zero-order chi connectivity index (χ0) is 17.8. The average Bonchev–Trinajstić information content (AvgIpc) is 2.58. The molecule has 1 aromatic carbocycles. The molecule has 0 unspecified atom stereocenters. The number of nitrogens with zero attached hydrogens (tertiary/aromatic N) is 3. The smallest absolute Gasteiger partial charge is 0.182 e. The van der Waals surface area contributed by atoms with Crippen molar-refractivity contribution in [2.45, 2.75) is 6.92 Å². The molecule has 0 bridgehead atoms. The first-order chi connectivity index (χ1) is 12.0. The molecule has 0 aliphatic rings. The summed E-state index contributed by atoms with van der Waals surface area (Å²) in [4.78, 5) is 13.2. The molecular formula is C16H15ClN6OS. The third kappa shape index (κ3) is 4.23. The summed E-state index contributed by atoms with van der Waals surface area (Å²) in [7, 11) is 0. The maximum atomic E-state index is 9.48. The van der Waals surface area contributed by atoms with Gasteiger partial charge >= 0.3 is 0 Å². The molecule has 0 amide bonds. The van der Waals surface area contributed by atoms with Crippen LogP contribution in [0.3, 0.4) is 0 Å². The van der Waals surface area contributed by atoms with Crippen LogP contribution in [0.25, 0.3) is 11.2 Å². The van der Waals surface area contributed by atoms with Gasteiger partial charge in [-0.2, -0.15) is 0 Å². The highest BCUT2D eigenvalue weighted by Crippen LogP contribution is 2.27. The molecule has 0 spiro atoms. The lowest BCUT2D eigenvalue weighted by Gasteiger charge is -2.09. The number of nitrogens with one attached hydrogen (secondary N) is 3. The number of thiocarbonyl (C=S) groups is 1. The number of halogens is 1. The predicted molar refractivity (Wildman–Crippen MR) is 104 cm³/mol. The lowest BCUT2D eigenvalue weighted by atomic mass is 10.3. The van der Waals surface area contributed by atoms with Gasteiger partial charge in [-0.3, -0.25) is 0 Å². The zero-order valence-electron chi connectivity index (χ0n) is 13.2. The van der Waals surface area contributed by atoms with Crippen LogP contribution in [0.2, 0.25) is 5.02 Å². The molecule has 2 aromatic heterocycles. The highest BCUT2D eigenvalue weighted by molar-refractivity contribution is 7.80. The minimum absolute atomic E-state index is 0.0249. The first-order valence-electron chi connectivity index (χ1n) is 7.49. The van der Waals surface area contributed by atoms with Crippen LogP contribution in [0.1, 0.15) is 6.92 Å². The van der Waals surface area contributed by atoms with E-state index in [4.69, 9.17) is 23.8 Å². The quantitative estimate of drug-likeness (QED) is 0.407. The van der Waals surface area contributed by atoms with Gasteiger partial charge in [0.25, 0.3) is 0 Å². The Morgan fingerprint density at radius 2 is 2.00 bits per heavy atom. The number of hydrogen-bond donors (Lipinski definition) is 4. The SMILES string of the molecule is CCNC(=S)Nc1cnc2ccc(Nc3ccc(O)c(Cl)c3)nc2n1. The second kappa shape index (κ2) is 7.45. The second-order valence-electron chi connectivity index (χ2n) is 5.07. The van der Waals surface area contributed by atoms with Crippen LogP contribution in [0.15, 0.2) is 36.5 Å². The molecule has 3 rings (SSSR count). The molecule has 0 fully saturated rings. The van der Waals surface area contributed by atoms with Crippen LogP contribution in [0, 0.1) is 0 Å². The number of phenolic OH excluding ortho intramolecular Hbond substituents is 1. The van der Waals surface area contributed by atoms with Crippen molar-refractivity contribution in [2.24, 2.45) is 0 Å². The molecule has 0 radical (unpaired) electrons. The van der Waals surface area contributed by atoms with Crippen molar-refractivity contribution >= 4 is 57.4 Å². The lowest BCUT2D eigenvalue weighted by Crippen LogP contribution is -2.28. The summed E-state index contributed by atoms with van der Waals surface area (Å²) in [5.41, 5.74) is 1.83. The molecule has 0 aliphatic heterocycles. The molecular weight excluding hydrogens is 360 g/mol. The lowest BCUT2D eigenvalue weighted by molar-refractivity contribution is 0.475. The monoisotopic (exact) mass is 374 g/mol. The molecule has 0 saturated carbocycles. The molecule has 0 aliphatic carbocycles. The Bertz CT molecular complexity index is 936. The van der Waals surface area contributed by atoms with Crippen LogP contribution >= 0.6 is 23.8 Å². The molecule has 0 atom stereocenters. The van der Waals surface area contributed by atoms with Crippen LogP contribution in [0.5, 0.6) is 5.75 Å². The van der Waals surface area contributed by atoms with Gasteiger partial charge in [-0.1, -0.05) is 11.6 Å². The summed E-state index contributed by atoms with van der Waals surface area (Å²) in [6.07, 6.45) is 1.60. The standard InChI is InChI=1S/C16H15ClN6OS/c1-2-18-16(25)23-14-8-19-11-4-6-13(21-15(11)22-14)20-9-3-5-12(24)10(17)7-9/h3-8,24H,2H2,1H3,(H3,18,20,21,22,23,25). The fraction of sp³-hybridized carbons (Fsp3) is 0.125. The van der Waals surface area contributed by atoms with Crippen LogP contribution in [-0.4, -0.2) is 31.7 Å². The first kappa shape index (κ1) is 17.1. The molecule has 25 heavy (non-hydrogen) atoms. The van der Waals surface area contributed by atoms with E-state index >= 15 is 0 Å². The number of anilines is 3. The number of pyridine rings is 1. The Morgan fingerprint density at radius 1 is 1.20 bits per heavy atom. The molecule has 9 heteroatoms. The maximum Gasteiger partial charge on any atom is 0.182 e. The van der Waals surface area contributed by atoms with Gasteiger partial charge in [-0.25, -0.2) is 15.0 Å². The summed E-state index contributed by atoms with van der Waals surface area (Å²) >= 11 is 11.0. The number of hydrogen-bond acceptors (Lipinski definition) is 6.